The van der Waals surface area contributed by atoms with Gasteiger partial charge in [0, 0.05) is 37.7 Å². The van der Waals surface area contributed by atoms with Crippen molar-refractivity contribution in [2.75, 3.05) is 7.11 Å². The van der Waals surface area contributed by atoms with Crippen molar-refractivity contribution >= 4 is 11.0 Å². The Bertz CT molecular complexity index is 1370. The molecule has 0 aliphatic heterocycles. The fourth-order valence-electron chi connectivity index (χ4n) is 4.95. The van der Waals surface area contributed by atoms with E-state index in [-0.39, 0.29) is 17.4 Å². The van der Waals surface area contributed by atoms with E-state index in [1.165, 1.54) is 17.7 Å². The molecule has 3 aromatic heterocycles. The zero-order chi connectivity index (χ0) is 23.3. The number of rotatable bonds is 5. The van der Waals surface area contributed by atoms with Crippen LogP contribution in [-0.4, -0.2) is 31.5 Å². The molecule has 0 unspecified atom stereocenters. The monoisotopic (exact) mass is 455 g/mol. The van der Waals surface area contributed by atoms with E-state index in [9.17, 15) is 9.18 Å². The lowest BCUT2D eigenvalue weighted by molar-refractivity contribution is -0.717. The highest BCUT2D eigenvalue weighted by atomic mass is 19.1. The lowest BCUT2D eigenvalue weighted by Crippen LogP contribution is -2.32. The van der Waals surface area contributed by atoms with Crippen molar-refractivity contribution in [3.63, 3.8) is 0 Å². The summed E-state index contributed by atoms with van der Waals surface area (Å²) in [5, 5.41) is 11.7. The van der Waals surface area contributed by atoms with E-state index < -0.39 is 5.82 Å². The molecule has 1 N–H and O–H groups in total. The van der Waals surface area contributed by atoms with E-state index in [1.807, 2.05) is 24.7 Å². The largest absolute Gasteiger partial charge is 0.494 e. The first-order chi connectivity index (χ1) is 15.9. The van der Waals surface area contributed by atoms with Crippen LogP contribution < -0.4 is 15.1 Å². The number of aromatic nitrogens is 6. The van der Waals surface area contributed by atoms with E-state index in [0.29, 0.717) is 35.3 Å². The molecule has 1 aliphatic carbocycles. The van der Waals surface area contributed by atoms with Crippen LogP contribution in [0.15, 0.2) is 27.4 Å². The molecule has 5 rings (SSSR count). The number of nitrogens with zero attached hydrogens (tertiary/aromatic N) is 5. The molecule has 9 nitrogen and oxygen atoms in total. The Labute approximate surface area is 189 Å². The van der Waals surface area contributed by atoms with Crippen LogP contribution in [0.25, 0.3) is 22.6 Å². The lowest BCUT2D eigenvalue weighted by atomic mass is 9.82. The molecule has 0 radical (unpaired) electrons. The molecule has 174 valence electrons. The van der Waals surface area contributed by atoms with Crippen molar-refractivity contribution < 1.29 is 18.2 Å². The topological polar surface area (TPSA) is 94.7 Å². The van der Waals surface area contributed by atoms with E-state index >= 15 is 0 Å². The molecule has 0 spiro atoms. The Balaban J connectivity index is 1.31. The summed E-state index contributed by atoms with van der Waals surface area (Å²) in [4.78, 5) is 12.9. The maximum atomic E-state index is 14.2. The predicted octanol–water partition coefficient (Wildman–Crippen LogP) is 2.97. The Kier molecular flexibility index (Phi) is 5.30. The summed E-state index contributed by atoms with van der Waals surface area (Å²) in [6.45, 7) is 2.57. The van der Waals surface area contributed by atoms with E-state index in [0.717, 1.165) is 37.1 Å². The first-order valence-electron chi connectivity index (χ1n) is 11.2. The molecule has 1 saturated carbocycles. The van der Waals surface area contributed by atoms with E-state index in [2.05, 4.69) is 15.3 Å². The highest BCUT2D eigenvalue weighted by molar-refractivity contribution is 5.78. The van der Waals surface area contributed by atoms with Crippen molar-refractivity contribution in [2.24, 2.45) is 20.0 Å². The van der Waals surface area contributed by atoms with Gasteiger partial charge in [-0.25, -0.2) is 9.18 Å². The van der Waals surface area contributed by atoms with Gasteiger partial charge in [-0.1, -0.05) is 0 Å². The van der Waals surface area contributed by atoms with Crippen LogP contribution in [0.1, 0.15) is 43.2 Å². The highest BCUT2D eigenvalue weighted by Crippen LogP contribution is 2.37. The number of ether oxygens (including phenoxy) is 1. The van der Waals surface area contributed by atoms with Crippen LogP contribution in [0.5, 0.6) is 5.75 Å². The third-order valence-corrected chi connectivity index (χ3v) is 6.77. The summed E-state index contributed by atoms with van der Waals surface area (Å²) in [6.07, 6.45) is 3.73. The zero-order valence-corrected chi connectivity index (χ0v) is 19.3. The average Bonchev–Trinajstić information content (AvgIpc) is 3.47. The quantitative estimate of drug-likeness (QED) is 0.467. The van der Waals surface area contributed by atoms with Crippen molar-refractivity contribution in [1.29, 1.82) is 0 Å². The van der Waals surface area contributed by atoms with Gasteiger partial charge in [0.15, 0.2) is 18.6 Å². The minimum Gasteiger partial charge on any atom is -0.494 e. The second-order valence-corrected chi connectivity index (χ2v) is 8.97. The number of aromatic amines is 1. The second kappa shape index (κ2) is 8.17. The first kappa shape index (κ1) is 21.4. The summed E-state index contributed by atoms with van der Waals surface area (Å²) in [5.41, 5.74) is 3.01. The Morgan fingerprint density at radius 3 is 2.64 bits per heavy atom. The number of halogens is 1. The van der Waals surface area contributed by atoms with Gasteiger partial charge in [-0.3, -0.25) is 9.13 Å². The van der Waals surface area contributed by atoms with Crippen molar-refractivity contribution in [3.8, 4) is 17.3 Å². The van der Waals surface area contributed by atoms with Crippen LogP contribution in [0.4, 0.5) is 4.39 Å². The molecule has 0 saturated heterocycles. The Morgan fingerprint density at radius 2 is 1.97 bits per heavy atom. The number of methoxy groups -OCH3 is 1. The minimum absolute atomic E-state index is 0.142. The van der Waals surface area contributed by atoms with Gasteiger partial charge in [-0.15, -0.1) is 14.9 Å². The molecule has 33 heavy (non-hydrogen) atoms. The molecule has 1 fully saturated rings. The molecule has 0 atom stereocenters. The van der Waals surface area contributed by atoms with Gasteiger partial charge in [0.1, 0.15) is 0 Å². The Hall–Kier alpha value is -3.43. The summed E-state index contributed by atoms with van der Waals surface area (Å²) < 4.78 is 30.4. The zero-order valence-electron chi connectivity index (χ0n) is 19.3. The van der Waals surface area contributed by atoms with Gasteiger partial charge >= 0.3 is 11.6 Å². The van der Waals surface area contributed by atoms with Crippen LogP contribution in [-0.2, 0) is 20.6 Å². The number of fused-ring (bicyclic) bond motifs is 1. The fourth-order valence-corrected chi connectivity index (χ4v) is 4.95. The van der Waals surface area contributed by atoms with Crippen LogP contribution in [0, 0.1) is 18.7 Å². The van der Waals surface area contributed by atoms with Crippen LogP contribution >= 0.6 is 0 Å². The molecule has 1 aliphatic rings. The number of H-pyrrole nitrogens is 1. The van der Waals surface area contributed by atoms with Crippen molar-refractivity contribution in [1.82, 2.24) is 24.4 Å². The highest BCUT2D eigenvalue weighted by Gasteiger charge is 2.29. The van der Waals surface area contributed by atoms with E-state index in [1.54, 1.807) is 17.7 Å². The third-order valence-electron chi connectivity index (χ3n) is 6.77. The van der Waals surface area contributed by atoms with Gasteiger partial charge in [-0.05, 0) is 38.5 Å². The molecular weight excluding hydrogens is 427 g/mol. The van der Waals surface area contributed by atoms with Gasteiger partial charge in [0.25, 0.3) is 5.69 Å². The van der Waals surface area contributed by atoms with E-state index in [4.69, 9.17) is 9.15 Å². The summed E-state index contributed by atoms with van der Waals surface area (Å²) in [6, 6.07) is 4.96. The maximum absolute atomic E-state index is 14.2. The van der Waals surface area contributed by atoms with Crippen LogP contribution in [0.2, 0.25) is 0 Å². The summed E-state index contributed by atoms with van der Waals surface area (Å²) in [7, 11) is 5.01. The molecule has 4 aromatic rings. The average molecular weight is 456 g/mol. The van der Waals surface area contributed by atoms with Crippen molar-refractivity contribution in [3.05, 3.63) is 46.1 Å². The number of aryl methyl sites for hydroxylation is 3. The second-order valence-electron chi connectivity index (χ2n) is 8.97. The first-order valence-corrected chi connectivity index (χ1v) is 11.2. The Morgan fingerprint density at radius 1 is 1.21 bits per heavy atom. The lowest BCUT2D eigenvalue weighted by Gasteiger charge is -2.26. The smallest absolute Gasteiger partial charge is 0.328 e. The predicted molar refractivity (Wildman–Crippen MR) is 118 cm³/mol. The third kappa shape index (κ3) is 3.73. The van der Waals surface area contributed by atoms with Gasteiger partial charge < -0.3 is 9.15 Å². The normalized spacial score (nSPS) is 18.8. The van der Waals surface area contributed by atoms with Crippen LogP contribution in [0.3, 0.4) is 0 Å². The molecule has 0 bridgehead atoms. The SMILES string of the molecule is COc1cc2c(cc1F)n(C)c(=O)n2CC1CCC(c2nnc(-c3cc(C)[nH][n+]3C)o2)CC1. The molecule has 1 aromatic carbocycles. The molecule has 3 heterocycles. The van der Waals surface area contributed by atoms with Gasteiger partial charge in [0.2, 0.25) is 5.89 Å². The molecular formula is C23H28FN6O3+. The fraction of sp³-hybridized carbons (Fsp3) is 0.478. The minimum atomic E-state index is -0.472. The summed E-state index contributed by atoms with van der Waals surface area (Å²) in [5.74, 6) is 1.41. The number of hydrogen-bond acceptors (Lipinski definition) is 5. The summed E-state index contributed by atoms with van der Waals surface area (Å²) >= 11 is 0. The number of hydrogen-bond donors (Lipinski definition) is 1. The molecule has 0 amide bonds. The van der Waals surface area contributed by atoms with Gasteiger partial charge in [-0.2, -0.15) is 5.10 Å². The van der Waals surface area contributed by atoms with Gasteiger partial charge in [0.05, 0.1) is 23.8 Å². The standard InChI is InChI=1S/C23H27FN6O3/c1-13-9-19(29(3)27-13)22-26-25-21(33-22)15-7-5-14(6-8-15)12-30-18-11-20(32-4)16(24)10-17(18)28(2)23(30)31/h9-11,14-15H,5-8,12H2,1-4H3/p+1. The van der Waals surface area contributed by atoms with Crippen molar-refractivity contribution in [2.45, 2.75) is 45.1 Å². The molecule has 10 heteroatoms. The number of imidazole rings is 1. The number of benzene rings is 1. The number of nitrogens with one attached hydrogen (secondary N) is 1. The maximum Gasteiger partial charge on any atom is 0.328 e.